The fourth-order valence-electron chi connectivity index (χ4n) is 4.18. The van der Waals surface area contributed by atoms with Crippen LogP contribution in [0, 0.1) is 20.8 Å². The molecule has 146 valence electrons. The van der Waals surface area contributed by atoms with Crippen molar-refractivity contribution in [2.75, 3.05) is 18.0 Å². The molecule has 1 N–H and O–H groups in total. The lowest BCUT2D eigenvalue weighted by atomic mass is 9.92. The van der Waals surface area contributed by atoms with E-state index in [0.29, 0.717) is 5.92 Å². The highest BCUT2D eigenvalue weighted by Gasteiger charge is 2.26. The van der Waals surface area contributed by atoms with Crippen LogP contribution in [0.5, 0.6) is 0 Å². The number of nitrogens with one attached hydrogen (secondary N) is 1. The van der Waals surface area contributed by atoms with E-state index in [1.54, 1.807) is 0 Å². The maximum atomic E-state index is 4.96. The van der Waals surface area contributed by atoms with Crippen LogP contribution in [-0.2, 0) is 6.42 Å². The summed E-state index contributed by atoms with van der Waals surface area (Å²) in [7, 11) is 0. The highest BCUT2D eigenvalue weighted by atomic mass is 15.2. The molecule has 1 aromatic carbocycles. The quantitative estimate of drug-likeness (QED) is 0.716. The van der Waals surface area contributed by atoms with E-state index in [1.807, 2.05) is 12.5 Å². The maximum Gasteiger partial charge on any atom is 0.140 e. The Kier molecular flexibility index (Phi) is 5.16. The number of hydrogen-bond donors (Lipinski definition) is 1. The van der Waals surface area contributed by atoms with Crippen LogP contribution >= 0.6 is 0 Å². The molecular weight excluding hydrogens is 346 g/mol. The van der Waals surface area contributed by atoms with Gasteiger partial charge in [0.05, 0.1) is 12.0 Å². The van der Waals surface area contributed by atoms with Gasteiger partial charge < -0.3 is 9.88 Å². The lowest BCUT2D eigenvalue weighted by Crippen LogP contribution is -2.34. The monoisotopic (exact) mass is 375 g/mol. The van der Waals surface area contributed by atoms with Gasteiger partial charge in [0.15, 0.2) is 0 Å². The van der Waals surface area contributed by atoms with Crippen LogP contribution in [0.4, 0.5) is 5.82 Å². The predicted octanol–water partition coefficient (Wildman–Crippen LogP) is 4.74. The van der Waals surface area contributed by atoms with Gasteiger partial charge in [-0.3, -0.25) is 0 Å². The van der Waals surface area contributed by atoms with Crippen molar-refractivity contribution < 1.29 is 0 Å². The molecular formula is C23H29N5. The molecule has 4 rings (SSSR count). The third kappa shape index (κ3) is 3.53. The molecule has 0 atom stereocenters. The zero-order valence-electron chi connectivity index (χ0n) is 17.3. The van der Waals surface area contributed by atoms with E-state index >= 15 is 0 Å². The van der Waals surface area contributed by atoms with E-state index in [0.717, 1.165) is 49.6 Å². The zero-order chi connectivity index (χ0) is 19.7. The third-order valence-corrected chi connectivity index (χ3v) is 5.87. The molecule has 1 saturated heterocycles. The molecule has 0 spiro atoms. The summed E-state index contributed by atoms with van der Waals surface area (Å²) in [4.78, 5) is 19.8. The number of aromatic nitrogens is 4. The smallest absolute Gasteiger partial charge is 0.140 e. The lowest BCUT2D eigenvalue weighted by Gasteiger charge is -2.34. The van der Waals surface area contributed by atoms with Crippen LogP contribution in [0.2, 0.25) is 0 Å². The lowest BCUT2D eigenvalue weighted by molar-refractivity contribution is 0.493. The Labute approximate surface area is 167 Å². The van der Waals surface area contributed by atoms with Crippen LogP contribution in [0.1, 0.15) is 54.0 Å². The molecule has 0 saturated carbocycles. The van der Waals surface area contributed by atoms with Gasteiger partial charge in [-0.25, -0.2) is 15.0 Å². The largest absolute Gasteiger partial charge is 0.356 e. The average Bonchev–Trinajstić information content (AvgIpc) is 3.15. The summed E-state index contributed by atoms with van der Waals surface area (Å²) < 4.78 is 0. The van der Waals surface area contributed by atoms with Crippen molar-refractivity contribution in [1.29, 1.82) is 0 Å². The van der Waals surface area contributed by atoms with Gasteiger partial charge in [0.1, 0.15) is 11.6 Å². The fourth-order valence-corrected chi connectivity index (χ4v) is 4.18. The summed E-state index contributed by atoms with van der Waals surface area (Å²) in [6.07, 6.45) is 6.89. The molecule has 5 nitrogen and oxygen atoms in total. The Hall–Kier alpha value is -2.69. The summed E-state index contributed by atoms with van der Waals surface area (Å²) in [5.74, 6) is 2.52. The van der Waals surface area contributed by atoms with Gasteiger partial charge in [0.25, 0.3) is 0 Å². The number of nitrogens with zero attached hydrogens (tertiary/aromatic N) is 4. The van der Waals surface area contributed by atoms with Gasteiger partial charge in [-0.1, -0.05) is 30.7 Å². The predicted molar refractivity (Wildman–Crippen MR) is 114 cm³/mol. The van der Waals surface area contributed by atoms with Gasteiger partial charge in [0.2, 0.25) is 0 Å². The van der Waals surface area contributed by atoms with Crippen molar-refractivity contribution in [3.05, 3.63) is 59.1 Å². The van der Waals surface area contributed by atoms with Crippen molar-refractivity contribution >= 4 is 5.82 Å². The first-order valence-corrected chi connectivity index (χ1v) is 10.2. The second kappa shape index (κ2) is 7.74. The first kappa shape index (κ1) is 18.7. The summed E-state index contributed by atoms with van der Waals surface area (Å²) in [6.45, 7) is 10.5. The van der Waals surface area contributed by atoms with E-state index in [-0.39, 0.29) is 0 Å². The Morgan fingerprint density at radius 2 is 1.86 bits per heavy atom. The molecule has 1 fully saturated rings. The molecule has 3 aromatic rings. The topological polar surface area (TPSA) is 57.7 Å². The number of H-pyrrole nitrogens is 1. The normalized spacial score (nSPS) is 15.2. The molecule has 0 aliphatic carbocycles. The molecule has 0 unspecified atom stereocenters. The van der Waals surface area contributed by atoms with Crippen LogP contribution in [0.25, 0.3) is 11.1 Å². The minimum atomic E-state index is 0.527. The van der Waals surface area contributed by atoms with Crippen LogP contribution < -0.4 is 4.90 Å². The first-order valence-electron chi connectivity index (χ1n) is 10.2. The van der Waals surface area contributed by atoms with E-state index < -0.39 is 0 Å². The Morgan fingerprint density at radius 1 is 1.07 bits per heavy atom. The molecule has 28 heavy (non-hydrogen) atoms. The first-order chi connectivity index (χ1) is 13.6. The molecule has 5 heteroatoms. The van der Waals surface area contributed by atoms with Crippen LogP contribution in [0.3, 0.4) is 0 Å². The minimum absolute atomic E-state index is 0.527. The zero-order valence-corrected chi connectivity index (χ0v) is 17.3. The second-order valence-electron chi connectivity index (χ2n) is 7.87. The van der Waals surface area contributed by atoms with E-state index in [1.165, 1.54) is 28.1 Å². The molecule has 3 heterocycles. The minimum Gasteiger partial charge on any atom is -0.356 e. The van der Waals surface area contributed by atoms with E-state index in [4.69, 9.17) is 4.98 Å². The molecule has 0 amide bonds. The second-order valence-corrected chi connectivity index (χ2v) is 7.87. The number of aryl methyl sites for hydroxylation is 4. The van der Waals surface area contributed by atoms with E-state index in [2.05, 4.69) is 65.7 Å². The van der Waals surface area contributed by atoms with Gasteiger partial charge in [-0.2, -0.15) is 0 Å². The number of piperidine rings is 1. The maximum absolute atomic E-state index is 4.96. The molecule has 1 aliphatic heterocycles. The average molecular weight is 376 g/mol. The van der Waals surface area contributed by atoms with Gasteiger partial charge >= 0.3 is 0 Å². The molecule has 1 aliphatic rings. The molecule has 0 radical (unpaired) electrons. The Bertz CT molecular complexity index is 967. The van der Waals surface area contributed by atoms with Crippen molar-refractivity contribution in [3.63, 3.8) is 0 Å². The number of aromatic amines is 1. The Morgan fingerprint density at radius 3 is 2.54 bits per heavy atom. The van der Waals surface area contributed by atoms with Crippen LogP contribution in [0.15, 0.2) is 30.7 Å². The number of anilines is 1. The summed E-state index contributed by atoms with van der Waals surface area (Å²) in [5.41, 5.74) is 7.34. The van der Waals surface area contributed by atoms with Crippen molar-refractivity contribution in [1.82, 2.24) is 19.9 Å². The number of rotatable bonds is 4. The van der Waals surface area contributed by atoms with Gasteiger partial charge in [-0.15, -0.1) is 0 Å². The van der Waals surface area contributed by atoms with Crippen molar-refractivity contribution in [2.45, 2.75) is 52.9 Å². The number of benzene rings is 1. The number of imidazole rings is 1. The fraction of sp³-hybridized carbons (Fsp3) is 0.435. The SMILES string of the molecule is CCc1ncc(-c2cc(C)ccc2C)c(N2CCC(c3nc[nH]c3C)CC2)n1. The standard InChI is InChI=1S/C23H29N5/c1-5-21-24-13-20(19-12-15(2)6-7-16(19)3)23(27-21)28-10-8-18(9-11-28)22-17(4)25-14-26-22/h6-7,12-14,18H,5,8-11H2,1-4H3,(H,25,26). The summed E-state index contributed by atoms with van der Waals surface area (Å²) in [6, 6.07) is 6.61. The number of hydrogen-bond acceptors (Lipinski definition) is 4. The molecule has 0 bridgehead atoms. The van der Waals surface area contributed by atoms with Gasteiger partial charge in [0, 0.05) is 42.9 Å². The third-order valence-electron chi connectivity index (χ3n) is 5.87. The van der Waals surface area contributed by atoms with Crippen LogP contribution in [-0.4, -0.2) is 33.0 Å². The van der Waals surface area contributed by atoms with Crippen molar-refractivity contribution in [3.8, 4) is 11.1 Å². The highest BCUT2D eigenvalue weighted by molar-refractivity contribution is 5.78. The highest BCUT2D eigenvalue weighted by Crippen LogP contribution is 2.36. The summed E-state index contributed by atoms with van der Waals surface area (Å²) >= 11 is 0. The summed E-state index contributed by atoms with van der Waals surface area (Å²) in [5, 5.41) is 0. The van der Waals surface area contributed by atoms with E-state index in [9.17, 15) is 0 Å². The molecule has 2 aromatic heterocycles. The van der Waals surface area contributed by atoms with Crippen molar-refractivity contribution in [2.24, 2.45) is 0 Å². The Balaban J connectivity index is 1.66. The van der Waals surface area contributed by atoms with Gasteiger partial charge in [-0.05, 0) is 44.7 Å².